The number of halogens is 8. The quantitative estimate of drug-likeness (QED) is 0.275. The van der Waals surface area contributed by atoms with Crippen LogP contribution >= 0.6 is 31.9 Å². The van der Waals surface area contributed by atoms with Crippen molar-refractivity contribution in [3.8, 4) is 11.5 Å². The molecule has 4 heterocycles. The van der Waals surface area contributed by atoms with Gasteiger partial charge in [0.15, 0.2) is 35.0 Å². The second kappa shape index (κ2) is 9.93. The molecule has 0 radical (unpaired) electrons. The van der Waals surface area contributed by atoms with Gasteiger partial charge < -0.3 is 9.47 Å². The molecule has 4 aromatic rings. The van der Waals surface area contributed by atoms with Crippen molar-refractivity contribution in [3.05, 3.63) is 46.1 Å². The Balaban J connectivity index is 0.000000191. The molecule has 0 spiro atoms. The molecule has 0 aliphatic rings. The molecule has 0 aliphatic carbocycles. The molecule has 0 saturated carbocycles. The molecular formula is C18H14Br2F6N6O2. The lowest BCUT2D eigenvalue weighted by atomic mass is 10.4. The van der Waals surface area contributed by atoms with Crippen LogP contribution in [0.1, 0.15) is 13.8 Å². The average molecular weight is 620 g/mol. The third-order valence-electron chi connectivity index (χ3n) is 4.13. The highest BCUT2D eigenvalue weighted by Gasteiger charge is 2.39. The van der Waals surface area contributed by atoms with Gasteiger partial charge in [-0.2, -0.15) is 36.3 Å². The van der Waals surface area contributed by atoms with Crippen molar-refractivity contribution in [1.82, 2.24) is 29.2 Å². The topological polar surface area (TPSA) is 78.8 Å². The largest absolute Gasteiger partial charge is 0.477 e. The molecule has 0 aromatic carbocycles. The lowest BCUT2D eigenvalue weighted by Gasteiger charge is -2.17. The highest BCUT2D eigenvalue weighted by atomic mass is 79.9. The summed E-state index contributed by atoms with van der Waals surface area (Å²) < 4.78 is 87.1. The number of nitrogens with zero attached hydrogens (tertiary/aromatic N) is 6. The third-order valence-corrected chi connectivity index (χ3v) is 4.80. The highest BCUT2D eigenvalue weighted by molar-refractivity contribution is 9.10. The summed E-state index contributed by atoms with van der Waals surface area (Å²) in [6.07, 6.45) is -9.49. The molecule has 8 nitrogen and oxygen atoms in total. The molecule has 16 heteroatoms. The monoisotopic (exact) mass is 618 g/mol. The zero-order valence-corrected chi connectivity index (χ0v) is 20.3. The van der Waals surface area contributed by atoms with E-state index >= 15 is 0 Å². The van der Waals surface area contributed by atoms with Gasteiger partial charge in [0.2, 0.25) is 9.47 Å². The van der Waals surface area contributed by atoms with E-state index in [4.69, 9.17) is 9.47 Å². The molecule has 0 fully saturated rings. The zero-order valence-electron chi connectivity index (χ0n) is 17.1. The molecule has 2 atom stereocenters. The summed E-state index contributed by atoms with van der Waals surface area (Å²) in [6.45, 7) is 1.88. The summed E-state index contributed by atoms with van der Waals surface area (Å²) in [7, 11) is 0. The van der Waals surface area contributed by atoms with Crippen molar-refractivity contribution >= 4 is 43.2 Å². The molecule has 4 rings (SSSR count). The standard InChI is InChI=1S/2C9H7BrF3N3O/c2*1-5(9(11,12)13)17-6-3-2-4-16-7(6)14-8(10)15-16/h2*2-5H,1H3/t2*5-/m10/s1. The van der Waals surface area contributed by atoms with Crippen molar-refractivity contribution in [3.63, 3.8) is 0 Å². The number of fused-ring (bicyclic) bond motifs is 2. The Kier molecular flexibility index (Phi) is 7.59. The van der Waals surface area contributed by atoms with Gasteiger partial charge in [-0.1, -0.05) is 0 Å². The number of pyridine rings is 2. The Hall–Kier alpha value is -2.62. The first kappa shape index (κ1) is 26.0. The van der Waals surface area contributed by atoms with Crippen molar-refractivity contribution in [2.24, 2.45) is 0 Å². The van der Waals surface area contributed by atoms with Gasteiger partial charge in [-0.05, 0) is 70.0 Å². The van der Waals surface area contributed by atoms with Crippen LogP contribution in [0.5, 0.6) is 11.5 Å². The molecule has 4 aromatic heterocycles. The smallest absolute Gasteiger partial charge is 0.425 e. The number of rotatable bonds is 4. The minimum atomic E-state index is -4.41. The predicted molar refractivity (Wildman–Crippen MR) is 114 cm³/mol. The Bertz CT molecular complexity index is 1180. The van der Waals surface area contributed by atoms with E-state index < -0.39 is 24.6 Å². The predicted octanol–water partition coefficient (Wildman–Crippen LogP) is 5.64. The lowest BCUT2D eigenvalue weighted by molar-refractivity contribution is -0.189. The van der Waals surface area contributed by atoms with Gasteiger partial charge in [0.05, 0.1) is 0 Å². The van der Waals surface area contributed by atoms with Gasteiger partial charge >= 0.3 is 12.4 Å². The normalized spacial score (nSPS) is 13.9. The van der Waals surface area contributed by atoms with E-state index in [9.17, 15) is 26.3 Å². The summed E-state index contributed by atoms with van der Waals surface area (Å²) in [5.41, 5.74) is 0.464. The van der Waals surface area contributed by atoms with Crippen LogP contribution in [0, 0.1) is 0 Å². The van der Waals surface area contributed by atoms with E-state index in [0.717, 1.165) is 13.8 Å². The molecule has 184 valence electrons. The molecule has 34 heavy (non-hydrogen) atoms. The first-order chi connectivity index (χ1) is 15.8. The fraction of sp³-hybridized carbons (Fsp3) is 0.333. The molecule has 0 N–H and O–H groups in total. The zero-order chi connectivity index (χ0) is 25.3. The summed E-state index contributed by atoms with van der Waals surface area (Å²) in [4.78, 5) is 7.85. The fourth-order valence-electron chi connectivity index (χ4n) is 2.41. The minimum absolute atomic E-state index is 0.0375. The molecular weight excluding hydrogens is 606 g/mol. The van der Waals surface area contributed by atoms with Crippen LogP contribution in [-0.4, -0.2) is 53.8 Å². The van der Waals surface area contributed by atoms with Crippen LogP contribution < -0.4 is 9.47 Å². The number of ether oxygens (including phenoxy) is 2. The number of alkyl halides is 6. The number of aromatic nitrogens is 6. The van der Waals surface area contributed by atoms with Crippen LogP contribution in [0.15, 0.2) is 46.1 Å². The molecule has 0 saturated heterocycles. The van der Waals surface area contributed by atoms with Gasteiger partial charge in [-0.3, -0.25) is 0 Å². The minimum Gasteiger partial charge on any atom is -0.477 e. The summed E-state index contributed by atoms with van der Waals surface area (Å²) in [5, 5.41) is 7.81. The van der Waals surface area contributed by atoms with Crippen molar-refractivity contribution < 1.29 is 35.8 Å². The summed E-state index contributed by atoms with van der Waals surface area (Å²) in [6, 6.07) is 5.90. The second-order valence-electron chi connectivity index (χ2n) is 6.65. The van der Waals surface area contributed by atoms with Crippen LogP contribution in [0.25, 0.3) is 11.3 Å². The van der Waals surface area contributed by atoms with Gasteiger partial charge in [-0.25, -0.2) is 9.03 Å². The molecule has 0 aliphatic heterocycles. The third kappa shape index (κ3) is 6.28. The van der Waals surface area contributed by atoms with Gasteiger partial charge in [0, 0.05) is 12.4 Å². The Morgan fingerprint density at radius 1 is 0.735 bits per heavy atom. The summed E-state index contributed by atoms with van der Waals surface area (Å²) in [5.74, 6) is 0.0750. The van der Waals surface area contributed by atoms with E-state index in [1.807, 2.05) is 0 Å². The summed E-state index contributed by atoms with van der Waals surface area (Å²) >= 11 is 6.09. The van der Waals surface area contributed by atoms with E-state index in [1.54, 1.807) is 12.4 Å². The Morgan fingerprint density at radius 2 is 1.09 bits per heavy atom. The van der Waals surface area contributed by atoms with Crippen LogP contribution in [-0.2, 0) is 0 Å². The van der Waals surface area contributed by atoms with Crippen LogP contribution in [0.4, 0.5) is 26.3 Å². The molecule has 0 amide bonds. The van der Waals surface area contributed by atoms with Crippen molar-refractivity contribution in [2.45, 2.75) is 38.4 Å². The Morgan fingerprint density at radius 3 is 1.41 bits per heavy atom. The van der Waals surface area contributed by atoms with Gasteiger partial charge in [0.25, 0.3) is 0 Å². The first-order valence-electron chi connectivity index (χ1n) is 9.24. The van der Waals surface area contributed by atoms with Crippen molar-refractivity contribution in [2.75, 3.05) is 0 Å². The van der Waals surface area contributed by atoms with E-state index in [-0.39, 0.29) is 32.3 Å². The number of hydrogen-bond donors (Lipinski definition) is 0. The highest BCUT2D eigenvalue weighted by Crippen LogP contribution is 2.28. The van der Waals surface area contributed by atoms with Crippen LogP contribution in [0.2, 0.25) is 0 Å². The SMILES string of the molecule is C[C@@H](Oc1cccn2nc(Br)nc12)C(F)(F)F.C[C@H](Oc1cccn2nc(Br)nc12)C(F)(F)F. The first-order valence-corrected chi connectivity index (χ1v) is 10.8. The van der Waals surface area contributed by atoms with Crippen molar-refractivity contribution in [1.29, 1.82) is 0 Å². The fourth-order valence-corrected chi connectivity index (χ4v) is 3.09. The second-order valence-corrected chi connectivity index (χ2v) is 8.06. The maximum Gasteiger partial charge on any atom is 0.425 e. The lowest BCUT2D eigenvalue weighted by Crippen LogP contribution is -2.31. The maximum atomic E-state index is 12.4. The molecule has 0 bridgehead atoms. The van der Waals surface area contributed by atoms with E-state index in [0.29, 0.717) is 0 Å². The van der Waals surface area contributed by atoms with E-state index in [2.05, 4.69) is 52.0 Å². The Labute approximate surface area is 204 Å². The van der Waals surface area contributed by atoms with Gasteiger partial charge in [-0.15, -0.1) is 10.2 Å². The van der Waals surface area contributed by atoms with Crippen LogP contribution in [0.3, 0.4) is 0 Å². The van der Waals surface area contributed by atoms with Gasteiger partial charge in [0.1, 0.15) is 0 Å². The maximum absolute atomic E-state index is 12.4. The van der Waals surface area contributed by atoms with E-state index in [1.165, 1.54) is 33.3 Å². The number of hydrogen-bond acceptors (Lipinski definition) is 6. The average Bonchev–Trinajstić information content (AvgIpc) is 3.29. The molecule has 0 unspecified atom stereocenters.